The van der Waals surface area contributed by atoms with Gasteiger partial charge in [0.05, 0.1) is 16.7 Å². The third-order valence-corrected chi connectivity index (χ3v) is 4.50. The van der Waals surface area contributed by atoms with E-state index >= 15 is 0 Å². The normalized spacial score (nSPS) is 11.4. The predicted octanol–water partition coefficient (Wildman–Crippen LogP) is 2.20. The fourth-order valence-corrected chi connectivity index (χ4v) is 2.65. The van der Waals surface area contributed by atoms with Crippen molar-refractivity contribution in [3.8, 4) is 0 Å². The number of carbonyl (C=O) groups excluding carboxylic acids is 2. The van der Waals surface area contributed by atoms with E-state index in [4.69, 9.17) is 16.7 Å². The van der Waals surface area contributed by atoms with Gasteiger partial charge in [-0.1, -0.05) is 17.3 Å². The number of halogens is 1. The molecule has 2 aromatic rings. The number of thioether (sulfide) groups is 1. The molecule has 1 heterocycles. The van der Waals surface area contributed by atoms with E-state index in [1.54, 1.807) is 32.0 Å². The number of amides is 2. The van der Waals surface area contributed by atoms with Crippen LogP contribution in [0.3, 0.4) is 0 Å². The molecule has 4 N–H and O–H groups in total. The molecule has 27 heavy (non-hydrogen) atoms. The van der Waals surface area contributed by atoms with Gasteiger partial charge in [-0.2, -0.15) is 0 Å². The first-order chi connectivity index (χ1) is 12.8. The number of rotatable bonds is 6. The van der Waals surface area contributed by atoms with Crippen molar-refractivity contribution in [1.29, 1.82) is 0 Å². The van der Waals surface area contributed by atoms with Gasteiger partial charge in [0.25, 0.3) is 0 Å². The second-order valence-electron chi connectivity index (χ2n) is 5.37. The first-order valence-electron chi connectivity index (χ1n) is 7.81. The summed E-state index contributed by atoms with van der Waals surface area (Å²) < 4.78 is 18.4. The van der Waals surface area contributed by atoms with Gasteiger partial charge in [0, 0.05) is 6.07 Å². The minimum absolute atomic E-state index is 0.0156. The number of para-hydroxylation sites is 1. The van der Waals surface area contributed by atoms with Gasteiger partial charge in [-0.3, -0.25) is 20.4 Å². The highest BCUT2D eigenvalue weighted by atomic mass is 32.2. The van der Waals surface area contributed by atoms with Crippen molar-refractivity contribution < 1.29 is 18.5 Å². The molecule has 0 aliphatic carbocycles. The highest BCUT2D eigenvalue weighted by Crippen LogP contribution is 2.14. The molecule has 0 aliphatic heterocycles. The number of nitrogens with one attached hydrogen (secondary N) is 4. The van der Waals surface area contributed by atoms with Crippen molar-refractivity contribution in [2.24, 2.45) is 0 Å². The van der Waals surface area contributed by atoms with Gasteiger partial charge in [-0.25, -0.2) is 4.39 Å². The van der Waals surface area contributed by atoms with Crippen molar-refractivity contribution in [2.45, 2.75) is 19.1 Å². The summed E-state index contributed by atoms with van der Waals surface area (Å²) in [5.41, 5.74) is 5.03. The number of thiocarbonyl (C=S) groups is 1. The average molecular weight is 411 g/mol. The molecule has 2 rings (SSSR count). The lowest BCUT2D eigenvalue weighted by Crippen LogP contribution is -2.44. The van der Waals surface area contributed by atoms with Gasteiger partial charge in [0.2, 0.25) is 11.8 Å². The van der Waals surface area contributed by atoms with Crippen molar-refractivity contribution in [3.63, 3.8) is 0 Å². The third kappa shape index (κ3) is 6.87. The van der Waals surface area contributed by atoms with Gasteiger partial charge in [0.1, 0.15) is 11.6 Å². The standard InChI is InChI=1S/C16H18FN5O3S2/c1-9-7-13(22-25-9)19-15(24)10(2)27-8-14(23)20-21-16(26)18-12-6-4-3-5-11(12)17/h3-7,10H,8H2,1-2H3,(H,20,23)(H2,18,21,26)(H,19,22,24)/t10-/m1/s1. The maximum atomic E-state index is 13.5. The molecule has 0 unspecified atom stereocenters. The van der Waals surface area contributed by atoms with E-state index in [-0.39, 0.29) is 22.5 Å². The second kappa shape index (κ2) is 9.88. The summed E-state index contributed by atoms with van der Waals surface area (Å²) in [6.45, 7) is 3.38. The monoisotopic (exact) mass is 411 g/mol. The second-order valence-corrected chi connectivity index (χ2v) is 7.11. The Balaban J connectivity index is 1.68. The lowest BCUT2D eigenvalue weighted by Gasteiger charge is -2.13. The number of aromatic nitrogens is 1. The molecule has 0 saturated heterocycles. The molecular formula is C16H18FN5O3S2. The molecule has 0 aliphatic rings. The molecular weight excluding hydrogens is 393 g/mol. The van der Waals surface area contributed by atoms with E-state index in [2.05, 4.69) is 26.6 Å². The van der Waals surface area contributed by atoms with Crippen LogP contribution >= 0.6 is 24.0 Å². The summed E-state index contributed by atoms with van der Waals surface area (Å²) in [5.74, 6) is -0.246. The molecule has 0 bridgehead atoms. The zero-order valence-corrected chi connectivity index (χ0v) is 16.2. The number of hydrogen-bond acceptors (Lipinski definition) is 6. The number of hydrazine groups is 1. The van der Waals surface area contributed by atoms with Gasteiger partial charge in [-0.05, 0) is 38.2 Å². The van der Waals surface area contributed by atoms with Crippen molar-refractivity contribution in [2.75, 3.05) is 16.4 Å². The van der Waals surface area contributed by atoms with E-state index in [1.165, 1.54) is 12.1 Å². The fourth-order valence-electron chi connectivity index (χ4n) is 1.81. The summed E-state index contributed by atoms with van der Waals surface area (Å²) in [4.78, 5) is 23.8. The van der Waals surface area contributed by atoms with Gasteiger partial charge in [-0.15, -0.1) is 11.8 Å². The Morgan fingerprint density at radius 1 is 1.30 bits per heavy atom. The number of nitrogens with zero attached hydrogens (tertiary/aromatic N) is 1. The van der Waals surface area contributed by atoms with Crippen LogP contribution in [-0.2, 0) is 9.59 Å². The largest absolute Gasteiger partial charge is 0.360 e. The molecule has 0 radical (unpaired) electrons. The van der Waals surface area contributed by atoms with E-state index in [9.17, 15) is 14.0 Å². The number of benzene rings is 1. The van der Waals surface area contributed by atoms with Crippen LogP contribution in [0, 0.1) is 12.7 Å². The van der Waals surface area contributed by atoms with Gasteiger partial charge in [0.15, 0.2) is 10.9 Å². The molecule has 2 amide bonds. The molecule has 11 heteroatoms. The molecule has 1 aromatic heterocycles. The Labute approximate surface area is 164 Å². The summed E-state index contributed by atoms with van der Waals surface area (Å²) in [5, 5.41) is 8.43. The number of anilines is 2. The highest BCUT2D eigenvalue weighted by molar-refractivity contribution is 8.01. The summed E-state index contributed by atoms with van der Waals surface area (Å²) in [6.07, 6.45) is 0. The van der Waals surface area contributed by atoms with Crippen LogP contribution in [0.1, 0.15) is 12.7 Å². The Kier molecular flexibility index (Phi) is 7.55. The van der Waals surface area contributed by atoms with E-state index in [0.29, 0.717) is 11.6 Å². The van der Waals surface area contributed by atoms with Crippen LogP contribution < -0.4 is 21.5 Å². The number of carbonyl (C=O) groups is 2. The Bertz CT molecular complexity index is 830. The first-order valence-corrected chi connectivity index (χ1v) is 9.27. The smallest absolute Gasteiger partial charge is 0.248 e. The van der Waals surface area contributed by atoms with E-state index < -0.39 is 17.0 Å². The molecule has 8 nitrogen and oxygen atoms in total. The van der Waals surface area contributed by atoms with Crippen LogP contribution in [0.25, 0.3) is 0 Å². The van der Waals surface area contributed by atoms with E-state index in [1.807, 2.05) is 0 Å². The molecule has 144 valence electrons. The van der Waals surface area contributed by atoms with Gasteiger partial charge < -0.3 is 15.2 Å². The SMILES string of the molecule is Cc1cc(NC(=O)[C@@H](C)SCC(=O)NNC(=S)Nc2ccccc2F)no1. The summed E-state index contributed by atoms with van der Waals surface area (Å²) in [7, 11) is 0. The number of aryl methyl sites for hydroxylation is 1. The molecule has 0 spiro atoms. The fraction of sp³-hybridized carbons (Fsp3) is 0.250. The minimum Gasteiger partial charge on any atom is -0.360 e. The van der Waals surface area contributed by atoms with Crippen LogP contribution in [0.5, 0.6) is 0 Å². The van der Waals surface area contributed by atoms with Crippen LogP contribution in [0.15, 0.2) is 34.9 Å². The average Bonchev–Trinajstić information content (AvgIpc) is 3.04. The maximum absolute atomic E-state index is 13.5. The Morgan fingerprint density at radius 2 is 2.04 bits per heavy atom. The quantitative estimate of drug-likeness (QED) is 0.423. The molecule has 1 aromatic carbocycles. The Morgan fingerprint density at radius 3 is 2.70 bits per heavy atom. The van der Waals surface area contributed by atoms with Crippen molar-refractivity contribution in [1.82, 2.24) is 16.0 Å². The van der Waals surface area contributed by atoms with Crippen molar-refractivity contribution in [3.05, 3.63) is 41.9 Å². The zero-order chi connectivity index (χ0) is 19.8. The third-order valence-electron chi connectivity index (χ3n) is 3.15. The van der Waals surface area contributed by atoms with Crippen LogP contribution in [0.2, 0.25) is 0 Å². The molecule has 1 atom stereocenters. The predicted molar refractivity (Wildman–Crippen MR) is 106 cm³/mol. The molecule has 0 saturated carbocycles. The lowest BCUT2D eigenvalue weighted by molar-refractivity contribution is -0.119. The minimum atomic E-state index is -0.490. The van der Waals surface area contributed by atoms with Crippen LogP contribution in [-0.4, -0.2) is 33.1 Å². The summed E-state index contributed by atoms with van der Waals surface area (Å²) in [6, 6.07) is 7.59. The topological polar surface area (TPSA) is 108 Å². The zero-order valence-electron chi connectivity index (χ0n) is 14.5. The van der Waals surface area contributed by atoms with Gasteiger partial charge >= 0.3 is 0 Å². The highest BCUT2D eigenvalue weighted by Gasteiger charge is 2.17. The number of hydrogen-bond donors (Lipinski definition) is 4. The van der Waals surface area contributed by atoms with Crippen molar-refractivity contribution >= 4 is 52.4 Å². The lowest BCUT2D eigenvalue weighted by atomic mass is 10.3. The van der Waals surface area contributed by atoms with E-state index in [0.717, 1.165) is 11.8 Å². The Hall–Kier alpha value is -2.66. The maximum Gasteiger partial charge on any atom is 0.248 e. The van der Waals surface area contributed by atoms with Crippen LogP contribution in [0.4, 0.5) is 15.9 Å². The summed E-state index contributed by atoms with van der Waals surface area (Å²) >= 11 is 6.11. The first kappa shape index (κ1) is 20.6. The molecule has 0 fully saturated rings.